The van der Waals surface area contributed by atoms with Crippen LogP contribution in [0, 0.1) is 5.92 Å². The molecule has 0 aromatic carbocycles. The average molecular weight is 173 g/mol. The Labute approximate surface area is 76.6 Å². The van der Waals surface area contributed by atoms with Gasteiger partial charge < -0.3 is 5.11 Å². The summed E-state index contributed by atoms with van der Waals surface area (Å²) in [5.74, 6) is 0.719. The minimum absolute atomic E-state index is 0.272. The summed E-state index contributed by atoms with van der Waals surface area (Å²) in [5, 5.41) is 8.83. The zero-order valence-electron chi connectivity index (χ0n) is 8.88. The van der Waals surface area contributed by atoms with E-state index in [1.165, 1.54) is 6.42 Å². The standard InChI is InChI=1S/C10H23NO/c1-5-9(3)10(4)11(6-2)7-8-12/h9-10,12H,5-8H2,1-4H3/t9-,10+/m0/s1. The highest BCUT2D eigenvalue weighted by Gasteiger charge is 2.16. The van der Waals surface area contributed by atoms with Crippen LogP contribution < -0.4 is 0 Å². The van der Waals surface area contributed by atoms with Gasteiger partial charge in [-0.1, -0.05) is 27.2 Å². The van der Waals surface area contributed by atoms with Crippen LogP contribution in [0.3, 0.4) is 0 Å². The van der Waals surface area contributed by atoms with Crippen molar-refractivity contribution >= 4 is 0 Å². The second-order valence-electron chi connectivity index (χ2n) is 3.48. The maximum Gasteiger partial charge on any atom is 0.0558 e. The summed E-state index contributed by atoms with van der Waals surface area (Å²) in [5.41, 5.74) is 0. The molecule has 0 fully saturated rings. The van der Waals surface area contributed by atoms with Gasteiger partial charge in [-0.2, -0.15) is 0 Å². The first-order valence-electron chi connectivity index (χ1n) is 5.02. The third-order valence-corrected chi connectivity index (χ3v) is 2.84. The highest BCUT2D eigenvalue weighted by atomic mass is 16.3. The number of nitrogens with zero attached hydrogens (tertiary/aromatic N) is 1. The van der Waals surface area contributed by atoms with Crippen LogP contribution in [-0.2, 0) is 0 Å². The Kier molecular flexibility index (Phi) is 6.39. The van der Waals surface area contributed by atoms with Crippen LogP contribution in [0.1, 0.15) is 34.1 Å². The van der Waals surface area contributed by atoms with Crippen molar-refractivity contribution in [2.75, 3.05) is 19.7 Å². The molecule has 0 amide bonds. The van der Waals surface area contributed by atoms with E-state index in [1.807, 2.05) is 0 Å². The topological polar surface area (TPSA) is 23.5 Å². The second-order valence-corrected chi connectivity index (χ2v) is 3.48. The zero-order valence-corrected chi connectivity index (χ0v) is 8.88. The van der Waals surface area contributed by atoms with Crippen molar-refractivity contribution in [1.82, 2.24) is 4.90 Å². The van der Waals surface area contributed by atoms with Crippen molar-refractivity contribution in [2.24, 2.45) is 5.92 Å². The molecule has 0 aliphatic heterocycles. The Bertz CT molecular complexity index is 106. The molecule has 74 valence electrons. The lowest BCUT2D eigenvalue weighted by atomic mass is 9.99. The van der Waals surface area contributed by atoms with Gasteiger partial charge in [0.2, 0.25) is 0 Å². The third-order valence-electron chi connectivity index (χ3n) is 2.84. The molecule has 0 radical (unpaired) electrons. The fourth-order valence-electron chi connectivity index (χ4n) is 1.48. The Hall–Kier alpha value is -0.0800. The Morgan fingerprint density at radius 1 is 1.25 bits per heavy atom. The number of aliphatic hydroxyl groups is 1. The van der Waals surface area contributed by atoms with E-state index in [0.29, 0.717) is 6.04 Å². The van der Waals surface area contributed by atoms with Crippen LogP contribution in [0.25, 0.3) is 0 Å². The smallest absolute Gasteiger partial charge is 0.0558 e. The van der Waals surface area contributed by atoms with Crippen molar-refractivity contribution in [2.45, 2.75) is 40.2 Å². The van der Waals surface area contributed by atoms with Gasteiger partial charge in [-0.15, -0.1) is 0 Å². The molecule has 0 spiro atoms. The first kappa shape index (κ1) is 11.9. The van der Waals surface area contributed by atoms with Crippen LogP contribution in [-0.4, -0.2) is 35.7 Å². The molecular weight excluding hydrogens is 150 g/mol. The predicted molar refractivity (Wildman–Crippen MR) is 53.2 cm³/mol. The Morgan fingerprint density at radius 2 is 1.83 bits per heavy atom. The SMILES string of the molecule is CC[C@H](C)[C@@H](C)N(CC)CCO. The lowest BCUT2D eigenvalue weighted by Gasteiger charge is -2.31. The van der Waals surface area contributed by atoms with Crippen LogP contribution in [0.2, 0.25) is 0 Å². The minimum atomic E-state index is 0.272. The maximum absolute atomic E-state index is 8.83. The molecule has 2 atom stereocenters. The fourth-order valence-corrected chi connectivity index (χ4v) is 1.48. The van der Waals surface area contributed by atoms with Gasteiger partial charge in [-0.3, -0.25) is 4.90 Å². The highest BCUT2D eigenvalue weighted by molar-refractivity contribution is 4.70. The quantitative estimate of drug-likeness (QED) is 0.661. The molecule has 2 heteroatoms. The van der Waals surface area contributed by atoms with Gasteiger partial charge in [0.15, 0.2) is 0 Å². The normalized spacial score (nSPS) is 16.5. The predicted octanol–water partition coefficient (Wildman–Crippen LogP) is 1.74. The maximum atomic E-state index is 8.83. The highest BCUT2D eigenvalue weighted by Crippen LogP contribution is 2.13. The molecule has 12 heavy (non-hydrogen) atoms. The fraction of sp³-hybridized carbons (Fsp3) is 1.00. The van der Waals surface area contributed by atoms with E-state index in [9.17, 15) is 0 Å². The van der Waals surface area contributed by atoms with Crippen molar-refractivity contribution in [1.29, 1.82) is 0 Å². The molecule has 2 nitrogen and oxygen atoms in total. The van der Waals surface area contributed by atoms with Crippen molar-refractivity contribution in [3.05, 3.63) is 0 Å². The molecule has 0 rings (SSSR count). The molecule has 0 aromatic rings. The lowest BCUT2D eigenvalue weighted by Crippen LogP contribution is -2.39. The van der Waals surface area contributed by atoms with Gasteiger partial charge in [0.05, 0.1) is 6.61 Å². The molecule has 0 saturated carbocycles. The summed E-state index contributed by atoms with van der Waals surface area (Å²) in [7, 11) is 0. The van der Waals surface area contributed by atoms with E-state index >= 15 is 0 Å². The molecule has 0 aromatic heterocycles. The van der Waals surface area contributed by atoms with Crippen LogP contribution >= 0.6 is 0 Å². The van der Waals surface area contributed by atoms with E-state index in [4.69, 9.17) is 5.11 Å². The van der Waals surface area contributed by atoms with E-state index in [-0.39, 0.29) is 6.61 Å². The first-order chi connectivity index (χ1) is 5.67. The number of rotatable bonds is 6. The summed E-state index contributed by atoms with van der Waals surface area (Å²) in [6, 6.07) is 0.590. The third kappa shape index (κ3) is 3.55. The summed E-state index contributed by atoms with van der Waals surface area (Å²) >= 11 is 0. The van der Waals surface area contributed by atoms with Gasteiger partial charge >= 0.3 is 0 Å². The van der Waals surface area contributed by atoms with Crippen molar-refractivity contribution in [3.8, 4) is 0 Å². The second kappa shape index (κ2) is 6.44. The molecule has 0 aliphatic carbocycles. The molecule has 0 saturated heterocycles. The Balaban J connectivity index is 3.91. The van der Waals surface area contributed by atoms with Gasteiger partial charge in [-0.05, 0) is 19.4 Å². The van der Waals surface area contributed by atoms with E-state index < -0.39 is 0 Å². The van der Waals surface area contributed by atoms with Crippen LogP contribution in [0.5, 0.6) is 0 Å². The molecular formula is C10H23NO. The van der Waals surface area contributed by atoms with Crippen molar-refractivity contribution in [3.63, 3.8) is 0 Å². The Morgan fingerprint density at radius 3 is 2.17 bits per heavy atom. The minimum Gasteiger partial charge on any atom is -0.395 e. The summed E-state index contributed by atoms with van der Waals surface area (Å²) in [6.07, 6.45) is 1.21. The summed E-state index contributed by atoms with van der Waals surface area (Å²) < 4.78 is 0. The van der Waals surface area contributed by atoms with Crippen molar-refractivity contribution < 1.29 is 5.11 Å². The van der Waals surface area contributed by atoms with Gasteiger partial charge in [0.1, 0.15) is 0 Å². The van der Waals surface area contributed by atoms with E-state index in [0.717, 1.165) is 19.0 Å². The number of aliphatic hydroxyl groups excluding tert-OH is 1. The lowest BCUT2D eigenvalue weighted by molar-refractivity contribution is 0.132. The van der Waals surface area contributed by atoms with Gasteiger partial charge in [0.25, 0.3) is 0 Å². The summed E-state index contributed by atoms with van der Waals surface area (Å²) in [4.78, 5) is 2.33. The van der Waals surface area contributed by atoms with E-state index in [1.54, 1.807) is 0 Å². The van der Waals surface area contributed by atoms with Gasteiger partial charge in [-0.25, -0.2) is 0 Å². The molecule has 0 heterocycles. The molecule has 0 unspecified atom stereocenters. The number of hydrogen-bond acceptors (Lipinski definition) is 2. The largest absolute Gasteiger partial charge is 0.395 e. The van der Waals surface area contributed by atoms with E-state index in [2.05, 4.69) is 32.6 Å². The zero-order chi connectivity index (χ0) is 9.56. The number of hydrogen-bond donors (Lipinski definition) is 1. The summed E-state index contributed by atoms with van der Waals surface area (Å²) in [6.45, 7) is 11.0. The van der Waals surface area contributed by atoms with Crippen LogP contribution in [0.15, 0.2) is 0 Å². The molecule has 0 aliphatic rings. The van der Waals surface area contributed by atoms with Crippen LogP contribution in [0.4, 0.5) is 0 Å². The molecule has 0 bridgehead atoms. The monoisotopic (exact) mass is 173 g/mol. The first-order valence-corrected chi connectivity index (χ1v) is 5.02. The average Bonchev–Trinajstić information content (AvgIpc) is 2.11. The van der Waals surface area contributed by atoms with Gasteiger partial charge in [0, 0.05) is 12.6 Å². The number of likely N-dealkylation sites (N-methyl/N-ethyl adjacent to an activating group) is 1. The molecule has 1 N–H and O–H groups in total.